The van der Waals surface area contributed by atoms with Crippen LogP contribution in [0.25, 0.3) is 10.9 Å². The zero-order valence-corrected chi connectivity index (χ0v) is 12.3. The second kappa shape index (κ2) is 5.67. The Labute approximate surface area is 119 Å². The van der Waals surface area contributed by atoms with E-state index in [9.17, 15) is 9.90 Å². The second-order valence-electron chi connectivity index (χ2n) is 5.40. The molecular weight excluding hydrogens is 252 g/mol. The number of nitrogens with zero attached hydrogens (tertiary/aromatic N) is 1. The summed E-state index contributed by atoms with van der Waals surface area (Å²) in [7, 11) is 0. The second-order valence-corrected chi connectivity index (χ2v) is 5.40. The summed E-state index contributed by atoms with van der Waals surface area (Å²) in [5, 5.41) is 10.5. The summed E-state index contributed by atoms with van der Waals surface area (Å²) in [6.45, 7) is 7.49. The van der Waals surface area contributed by atoms with Crippen LogP contribution in [-0.2, 0) is 13.0 Å². The smallest absolute Gasteiger partial charge is 0.337 e. The maximum atomic E-state index is 11.6. The van der Waals surface area contributed by atoms with Gasteiger partial charge in [0.25, 0.3) is 0 Å². The number of carbonyl (C=O) groups is 1. The summed E-state index contributed by atoms with van der Waals surface area (Å²) in [4.78, 5) is 11.6. The zero-order chi connectivity index (χ0) is 14.9. The summed E-state index contributed by atoms with van der Waals surface area (Å²) >= 11 is 0. The number of hydrogen-bond acceptors (Lipinski definition) is 2. The van der Waals surface area contributed by atoms with E-state index in [2.05, 4.69) is 19.9 Å². The van der Waals surface area contributed by atoms with Gasteiger partial charge in [-0.25, -0.2) is 4.79 Å². The molecule has 0 aliphatic carbocycles. The molecule has 0 aliphatic rings. The third-order valence-corrected chi connectivity index (χ3v) is 3.73. The Bertz CT molecular complexity index is 641. The number of fused-ring (bicyclic) bond motifs is 1. The van der Waals surface area contributed by atoms with E-state index < -0.39 is 5.97 Å². The molecule has 0 atom stereocenters. The number of carboxylic acids is 1. The Hall–Kier alpha value is -1.81. The molecule has 2 rings (SSSR count). The molecule has 0 fully saturated rings. The molecule has 4 heteroatoms. The zero-order valence-electron chi connectivity index (χ0n) is 12.3. The van der Waals surface area contributed by atoms with Crippen LogP contribution >= 0.6 is 0 Å². The molecule has 0 bridgehead atoms. The maximum Gasteiger partial charge on any atom is 0.337 e. The Morgan fingerprint density at radius 2 is 2.10 bits per heavy atom. The molecule has 0 unspecified atom stereocenters. The fourth-order valence-corrected chi connectivity index (χ4v) is 2.63. The van der Waals surface area contributed by atoms with Crippen LogP contribution in [0.1, 0.15) is 48.2 Å². The monoisotopic (exact) mass is 274 g/mol. The van der Waals surface area contributed by atoms with Gasteiger partial charge >= 0.3 is 5.97 Å². The number of benzene rings is 1. The van der Waals surface area contributed by atoms with Crippen molar-refractivity contribution in [1.82, 2.24) is 4.57 Å². The number of aryl methyl sites for hydroxylation is 1. The number of hydrogen-bond donors (Lipinski definition) is 2. The average molecular weight is 274 g/mol. The van der Waals surface area contributed by atoms with E-state index in [-0.39, 0.29) is 0 Å². The lowest BCUT2D eigenvalue weighted by Gasteiger charge is -2.10. The summed E-state index contributed by atoms with van der Waals surface area (Å²) in [5.41, 5.74) is 9.06. The highest BCUT2D eigenvalue weighted by molar-refractivity contribution is 6.04. The standard InChI is InChI=1S/C16H22N2O2/c1-4-18-9-11(5-6-17)13-7-12(10(2)3)8-14(15(13)18)16(19)20/h7-10H,4-6,17H2,1-3H3,(H,19,20). The van der Waals surface area contributed by atoms with E-state index in [1.54, 1.807) is 6.07 Å². The molecule has 0 aliphatic heterocycles. The SMILES string of the molecule is CCn1cc(CCN)c2cc(C(C)C)cc(C(=O)O)c21. The Kier molecular flexibility index (Phi) is 4.14. The van der Waals surface area contributed by atoms with E-state index in [4.69, 9.17) is 5.73 Å². The molecule has 1 heterocycles. The third-order valence-electron chi connectivity index (χ3n) is 3.73. The van der Waals surface area contributed by atoms with Crippen molar-refractivity contribution in [1.29, 1.82) is 0 Å². The van der Waals surface area contributed by atoms with Gasteiger partial charge in [0.2, 0.25) is 0 Å². The largest absolute Gasteiger partial charge is 0.478 e. The first-order valence-electron chi connectivity index (χ1n) is 7.08. The van der Waals surface area contributed by atoms with Crippen LogP contribution in [0.3, 0.4) is 0 Å². The normalized spacial score (nSPS) is 11.4. The van der Waals surface area contributed by atoms with Gasteiger partial charge in [0.1, 0.15) is 0 Å². The van der Waals surface area contributed by atoms with Crippen molar-refractivity contribution in [3.8, 4) is 0 Å². The van der Waals surface area contributed by atoms with Crippen LogP contribution in [0.5, 0.6) is 0 Å². The number of nitrogens with two attached hydrogens (primary N) is 1. The quantitative estimate of drug-likeness (QED) is 0.880. The number of carboxylic acid groups (broad SMARTS) is 1. The minimum absolute atomic E-state index is 0.299. The molecule has 0 saturated carbocycles. The van der Waals surface area contributed by atoms with Gasteiger partial charge in [0.05, 0.1) is 11.1 Å². The highest BCUT2D eigenvalue weighted by atomic mass is 16.4. The van der Waals surface area contributed by atoms with Crippen molar-refractivity contribution in [2.75, 3.05) is 6.54 Å². The van der Waals surface area contributed by atoms with Gasteiger partial charge in [-0.3, -0.25) is 0 Å². The van der Waals surface area contributed by atoms with Crippen molar-refractivity contribution in [2.45, 2.75) is 39.7 Å². The van der Waals surface area contributed by atoms with Crippen molar-refractivity contribution in [3.05, 3.63) is 35.0 Å². The maximum absolute atomic E-state index is 11.6. The number of rotatable bonds is 5. The molecule has 0 radical (unpaired) electrons. The van der Waals surface area contributed by atoms with Gasteiger partial charge in [-0.15, -0.1) is 0 Å². The summed E-state index contributed by atoms with van der Waals surface area (Å²) in [6, 6.07) is 3.91. The fraction of sp³-hybridized carbons (Fsp3) is 0.438. The highest BCUT2D eigenvalue weighted by Crippen LogP contribution is 2.30. The molecule has 1 aromatic heterocycles. The van der Waals surface area contributed by atoms with Crippen LogP contribution in [0.4, 0.5) is 0 Å². The van der Waals surface area contributed by atoms with Gasteiger partial charge in [0.15, 0.2) is 0 Å². The summed E-state index contributed by atoms with van der Waals surface area (Å²) in [6.07, 6.45) is 2.80. The predicted molar refractivity (Wildman–Crippen MR) is 81.4 cm³/mol. The Morgan fingerprint density at radius 3 is 2.60 bits per heavy atom. The molecule has 0 spiro atoms. The van der Waals surface area contributed by atoms with E-state index in [1.807, 2.05) is 17.7 Å². The van der Waals surface area contributed by atoms with Crippen LogP contribution in [0, 0.1) is 0 Å². The molecule has 3 N–H and O–H groups in total. The molecule has 0 saturated heterocycles. The lowest BCUT2D eigenvalue weighted by Crippen LogP contribution is -2.04. The van der Waals surface area contributed by atoms with Crippen LogP contribution in [0.2, 0.25) is 0 Å². The van der Waals surface area contributed by atoms with Crippen molar-refractivity contribution < 1.29 is 9.90 Å². The lowest BCUT2D eigenvalue weighted by molar-refractivity contribution is 0.0698. The molecule has 1 aromatic carbocycles. The minimum Gasteiger partial charge on any atom is -0.478 e. The van der Waals surface area contributed by atoms with Crippen LogP contribution in [-0.4, -0.2) is 22.2 Å². The minimum atomic E-state index is -0.871. The molecule has 4 nitrogen and oxygen atoms in total. The Morgan fingerprint density at radius 1 is 1.40 bits per heavy atom. The molecule has 2 aromatic rings. The van der Waals surface area contributed by atoms with Gasteiger partial charge < -0.3 is 15.4 Å². The van der Waals surface area contributed by atoms with Crippen molar-refractivity contribution >= 4 is 16.9 Å². The van der Waals surface area contributed by atoms with Crippen molar-refractivity contribution in [3.63, 3.8) is 0 Å². The topological polar surface area (TPSA) is 68.2 Å². The van der Waals surface area contributed by atoms with E-state index in [0.717, 1.165) is 35.0 Å². The fourth-order valence-electron chi connectivity index (χ4n) is 2.63. The van der Waals surface area contributed by atoms with Gasteiger partial charge in [-0.1, -0.05) is 13.8 Å². The van der Waals surface area contributed by atoms with Gasteiger partial charge in [-0.05, 0) is 49.1 Å². The van der Waals surface area contributed by atoms with Crippen LogP contribution < -0.4 is 5.73 Å². The van der Waals surface area contributed by atoms with E-state index in [0.29, 0.717) is 18.0 Å². The lowest BCUT2D eigenvalue weighted by atomic mass is 9.96. The average Bonchev–Trinajstić information content (AvgIpc) is 2.76. The van der Waals surface area contributed by atoms with Gasteiger partial charge in [0, 0.05) is 18.1 Å². The number of aromatic nitrogens is 1. The third kappa shape index (κ3) is 2.43. The Balaban J connectivity index is 2.82. The van der Waals surface area contributed by atoms with E-state index in [1.165, 1.54) is 0 Å². The summed E-state index contributed by atoms with van der Waals surface area (Å²) < 4.78 is 2.01. The molecule has 108 valence electrons. The van der Waals surface area contributed by atoms with Gasteiger partial charge in [-0.2, -0.15) is 0 Å². The van der Waals surface area contributed by atoms with Crippen molar-refractivity contribution in [2.24, 2.45) is 5.73 Å². The first kappa shape index (κ1) is 14.6. The molecule has 0 amide bonds. The van der Waals surface area contributed by atoms with E-state index >= 15 is 0 Å². The molecule has 20 heavy (non-hydrogen) atoms. The van der Waals surface area contributed by atoms with Crippen LogP contribution in [0.15, 0.2) is 18.3 Å². The first-order chi connectivity index (χ1) is 9.49. The highest BCUT2D eigenvalue weighted by Gasteiger charge is 2.18. The first-order valence-corrected chi connectivity index (χ1v) is 7.08. The molecular formula is C16H22N2O2. The predicted octanol–water partition coefficient (Wildman–Crippen LogP) is 2.98. The summed E-state index contributed by atoms with van der Waals surface area (Å²) in [5.74, 6) is -0.571. The number of aromatic carboxylic acids is 1.